The fraction of sp³-hybridized carbons (Fsp3) is 0.600. The molecule has 1 rings (SSSR count). The van der Waals surface area contributed by atoms with Crippen molar-refractivity contribution in [3.05, 3.63) is 24.3 Å². The van der Waals surface area contributed by atoms with E-state index in [1.165, 1.54) is 0 Å². The summed E-state index contributed by atoms with van der Waals surface area (Å²) in [5, 5.41) is 10.0. The molecule has 4 nitrogen and oxygen atoms in total. The van der Waals surface area contributed by atoms with E-state index in [0.717, 1.165) is 0 Å². The van der Waals surface area contributed by atoms with Gasteiger partial charge in [-0.05, 0) is 19.4 Å². The summed E-state index contributed by atoms with van der Waals surface area (Å²) in [5.74, 6) is 0. The minimum Gasteiger partial charge on any atom is -0.385 e. The Bertz CT molecular complexity index is 314. The molecule has 0 aromatic rings. The fourth-order valence-corrected chi connectivity index (χ4v) is 3.54. The molecule has 0 radical (unpaired) electrons. The van der Waals surface area contributed by atoms with Crippen LogP contribution in [0.3, 0.4) is 0 Å². The maximum absolute atomic E-state index is 11.7. The molecule has 0 amide bonds. The van der Waals surface area contributed by atoms with Gasteiger partial charge in [-0.25, -0.2) is 0 Å². The molecule has 0 bridgehead atoms. The summed E-state index contributed by atoms with van der Waals surface area (Å²) in [5.41, 5.74) is 4.12. The van der Waals surface area contributed by atoms with Gasteiger partial charge in [-0.15, -0.1) is 0 Å². The molecule has 0 aliphatic heterocycles. The Kier molecular flexibility index (Phi) is 4.29. The van der Waals surface area contributed by atoms with Gasteiger partial charge in [-0.3, -0.25) is 4.57 Å². The van der Waals surface area contributed by atoms with Gasteiger partial charge in [0, 0.05) is 6.16 Å². The standard InChI is InChI=1S/C10H18NO3P/c11-7-4-8-15(13,14)9-10(12)5-2-1-3-6-10/h1-3,5,12H,4,6-9,11H2,(H,13,14)/t10-/m0/s1. The van der Waals surface area contributed by atoms with E-state index >= 15 is 0 Å². The molecule has 2 atom stereocenters. The molecule has 0 saturated heterocycles. The monoisotopic (exact) mass is 231 g/mol. The van der Waals surface area contributed by atoms with Crippen LogP contribution < -0.4 is 5.73 Å². The zero-order valence-electron chi connectivity index (χ0n) is 8.67. The second-order valence-corrected chi connectivity index (χ2v) is 6.42. The van der Waals surface area contributed by atoms with Crippen LogP contribution in [0.15, 0.2) is 24.3 Å². The first kappa shape index (κ1) is 12.7. The Hall–Kier alpha value is -0.410. The van der Waals surface area contributed by atoms with E-state index in [4.69, 9.17) is 5.73 Å². The summed E-state index contributed by atoms with van der Waals surface area (Å²) in [6.45, 7) is 0.402. The minimum atomic E-state index is -3.26. The Morgan fingerprint density at radius 1 is 1.47 bits per heavy atom. The summed E-state index contributed by atoms with van der Waals surface area (Å²) >= 11 is 0. The molecule has 15 heavy (non-hydrogen) atoms. The highest BCUT2D eigenvalue weighted by Crippen LogP contribution is 2.45. The zero-order valence-corrected chi connectivity index (χ0v) is 9.57. The van der Waals surface area contributed by atoms with Crippen molar-refractivity contribution in [2.45, 2.75) is 18.4 Å². The van der Waals surface area contributed by atoms with E-state index in [0.29, 0.717) is 19.4 Å². The first-order valence-corrected chi connectivity index (χ1v) is 7.08. The van der Waals surface area contributed by atoms with Crippen LogP contribution in [0, 0.1) is 0 Å². The molecule has 0 saturated carbocycles. The average molecular weight is 231 g/mol. The van der Waals surface area contributed by atoms with Crippen molar-refractivity contribution in [3.8, 4) is 0 Å². The minimum absolute atomic E-state index is 0.0825. The maximum Gasteiger partial charge on any atom is 0.203 e. The lowest BCUT2D eigenvalue weighted by Crippen LogP contribution is -2.31. The number of rotatable bonds is 5. The molecule has 1 unspecified atom stereocenters. The Morgan fingerprint density at radius 3 is 2.73 bits per heavy atom. The van der Waals surface area contributed by atoms with Crippen molar-refractivity contribution in [2.24, 2.45) is 5.73 Å². The smallest absolute Gasteiger partial charge is 0.203 e. The van der Waals surface area contributed by atoms with E-state index in [-0.39, 0.29) is 12.3 Å². The van der Waals surface area contributed by atoms with Crippen molar-refractivity contribution < 1.29 is 14.6 Å². The second kappa shape index (κ2) is 5.08. The van der Waals surface area contributed by atoms with Crippen molar-refractivity contribution in [3.63, 3.8) is 0 Å². The normalized spacial score (nSPS) is 29.0. The van der Waals surface area contributed by atoms with Crippen molar-refractivity contribution in [2.75, 3.05) is 18.9 Å². The number of aliphatic hydroxyl groups is 1. The van der Waals surface area contributed by atoms with Crippen molar-refractivity contribution in [1.29, 1.82) is 0 Å². The van der Waals surface area contributed by atoms with E-state index < -0.39 is 13.0 Å². The molecule has 86 valence electrons. The highest BCUT2D eigenvalue weighted by molar-refractivity contribution is 7.58. The number of hydrogen-bond acceptors (Lipinski definition) is 3. The lowest BCUT2D eigenvalue weighted by molar-refractivity contribution is 0.114. The third-order valence-electron chi connectivity index (χ3n) is 2.36. The molecule has 4 N–H and O–H groups in total. The SMILES string of the molecule is NCCCP(=O)(O)C[C@]1(O)C=CC=CC1. The predicted octanol–water partition coefficient (Wildman–Crippen LogP) is 0.853. The molecule has 5 heteroatoms. The van der Waals surface area contributed by atoms with Crippen molar-refractivity contribution in [1.82, 2.24) is 0 Å². The van der Waals surface area contributed by atoms with Gasteiger partial charge >= 0.3 is 0 Å². The van der Waals surface area contributed by atoms with Gasteiger partial charge in [0.2, 0.25) is 7.37 Å². The molecule has 0 aromatic carbocycles. The van der Waals surface area contributed by atoms with E-state index in [9.17, 15) is 14.6 Å². The average Bonchev–Trinajstić information content (AvgIpc) is 2.14. The summed E-state index contributed by atoms with van der Waals surface area (Å²) in [6.07, 6.45) is 7.91. The molecular formula is C10H18NO3P. The largest absolute Gasteiger partial charge is 0.385 e. The number of allylic oxidation sites excluding steroid dienone is 2. The second-order valence-electron chi connectivity index (χ2n) is 3.97. The third-order valence-corrected chi connectivity index (χ3v) is 4.41. The number of nitrogens with two attached hydrogens (primary N) is 1. The summed E-state index contributed by atoms with van der Waals surface area (Å²) in [7, 11) is -3.26. The first-order valence-electron chi connectivity index (χ1n) is 5.05. The first-order chi connectivity index (χ1) is 6.97. The quantitative estimate of drug-likeness (QED) is 0.612. The molecular weight excluding hydrogens is 213 g/mol. The van der Waals surface area contributed by atoms with Gasteiger partial charge in [0.25, 0.3) is 0 Å². The van der Waals surface area contributed by atoms with E-state index in [1.54, 1.807) is 18.2 Å². The van der Waals surface area contributed by atoms with Crippen LogP contribution >= 0.6 is 7.37 Å². The van der Waals surface area contributed by atoms with Gasteiger partial charge < -0.3 is 15.7 Å². The molecule has 1 aliphatic rings. The fourth-order valence-electron chi connectivity index (χ4n) is 1.62. The van der Waals surface area contributed by atoms with E-state index in [2.05, 4.69) is 0 Å². The van der Waals surface area contributed by atoms with E-state index in [1.807, 2.05) is 6.08 Å². The predicted molar refractivity (Wildman–Crippen MR) is 61.1 cm³/mol. The van der Waals surface area contributed by atoms with Crippen LogP contribution in [-0.4, -0.2) is 34.5 Å². The molecule has 0 heterocycles. The Morgan fingerprint density at radius 2 is 2.20 bits per heavy atom. The lowest BCUT2D eigenvalue weighted by atomic mass is 9.98. The Labute approximate surface area is 89.9 Å². The van der Waals surface area contributed by atoms with Crippen LogP contribution in [0.2, 0.25) is 0 Å². The topological polar surface area (TPSA) is 83.6 Å². The van der Waals surface area contributed by atoms with Crippen LogP contribution in [0.1, 0.15) is 12.8 Å². The molecule has 0 aromatic heterocycles. The molecule has 0 spiro atoms. The highest BCUT2D eigenvalue weighted by atomic mass is 31.2. The van der Waals surface area contributed by atoms with Gasteiger partial charge in [-0.1, -0.05) is 24.3 Å². The van der Waals surface area contributed by atoms with Gasteiger partial charge in [0.1, 0.15) is 0 Å². The summed E-state index contributed by atoms with van der Waals surface area (Å²) in [4.78, 5) is 9.65. The molecule has 0 fully saturated rings. The summed E-state index contributed by atoms with van der Waals surface area (Å²) < 4.78 is 11.7. The van der Waals surface area contributed by atoms with Gasteiger partial charge in [-0.2, -0.15) is 0 Å². The van der Waals surface area contributed by atoms with Crippen LogP contribution in [0.25, 0.3) is 0 Å². The lowest BCUT2D eigenvalue weighted by Gasteiger charge is -2.27. The maximum atomic E-state index is 11.7. The highest BCUT2D eigenvalue weighted by Gasteiger charge is 2.32. The van der Waals surface area contributed by atoms with Gasteiger partial charge in [0.15, 0.2) is 0 Å². The Balaban J connectivity index is 2.56. The third kappa shape index (κ3) is 4.31. The van der Waals surface area contributed by atoms with Crippen molar-refractivity contribution >= 4 is 7.37 Å². The molecule has 1 aliphatic carbocycles. The zero-order chi connectivity index (χ0) is 11.4. The number of hydrogen-bond donors (Lipinski definition) is 3. The summed E-state index contributed by atoms with van der Waals surface area (Å²) in [6, 6.07) is 0. The van der Waals surface area contributed by atoms with Crippen LogP contribution in [0.5, 0.6) is 0 Å². The van der Waals surface area contributed by atoms with Crippen LogP contribution in [0.4, 0.5) is 0 Å². The van der Waals surface area contributed by atoms with Crippen LogP contribution in [-0.2, 0) is 4.57 Å². The van der Waals surface area contributed by atoms with Gasteiger partial charge in [0.05, 0.1) is 11.8 Å².